The van der Waals surface area contributed by atoms with Crippen LogP contribution in [0, 0.1) is 5.82 Å². The van der Waals surface area contributed by atoms with Gasteiger partial charge < -0.3 is 5.11 Å². The molecule has 19 heavy (non-hydrogen) atoms. The lowest BCUT2D eigenvalue weighted by Crippen LogP contribution is -2.11. The molecule has 2 aromatic rings. The van der Waals surface area contributed by atoms with Crippen molar-refractivity contribution in [3.63, 3.8) is 0 Å². The first kappa shape index (κ1) is 14.0. The number of sulfonamides is 1. The third-order valence-corrected chi connectivity index (χ3v) is 5.36. The van der Waals surface area contributed by atoms with Gasteiger partial charge in [0.15, 0.2) is 0 Å². The molecule has 0 atom stereocenters. The van der Waals surface area contributed by atoms with E-state index in [2.05, 4.69) is 4.72 Å². The Bertz CT molecular complexity index is 667. The van der Waals surface area contributed by atoms with Crippen molar-refractivity contribution in [1.29, 1.82) is 0 Å². The number of anilines is 1. The minimum absolute atomic E-state index is 0.0304. The Morgan fingerprint density at radius 1 is 1.26 bits per heavy atom. The molecule has 0 radical (unpaired) electrons. The van der Waals surface area contributed by atoms with Crippen LogP contribution in [0.2, 0.25) is 0 Å². The van der Waals surface area contributed by atoms with Gasteiger partial charge in [0, 0.05) is 17.9 Å². The van der Waals surface area contributed by atoms with Gasteiger partial charge >= 0.3 is 0 Å². The molecule has 0 amide bonds. The first-order chi connectivity index (χ1) is 9.01. The van der Waals surface area contributed by atoms with E-state index in [1.165, 1.54) is 24.3 Å². The van der Waals surface area contributed by atoms with Gasteiger partial charge in [0.25, 0.3) is 10.0 Å². The lowest BCUT2D eigenvalue weighted by Gasteiger charge is -2.05. The second-order valence-electron chi connectivity index (χ2n) is 3.81. The number of aliphatic hydroxyl groups excluding tert-OH is 1. The number of hydrogen-bond donors (Lipinski definition) is 2. The summed E-state index contributed by atoms with van der Waals surface area (Å²) in [5, 5.41) is 8.80. The highest BCUT2D eigenvalue weighted by molar-refractivity contribution is 7.94. The molecule has 1 aromatic carbocycles. The van der Waals surface area contributed by atoms with E-state index >= 15 is 0 Å². The first-order valence-electron chi connectivity index (χ1n) is 5.49. The molecule has 1 heterocycles. The molecule has 1 aromatic heterocycles. The fourth-order valence-electron chi connectivity index (χ4n) is 1.50. The SMILES string of the molecule is O=S(=O)(Nc1cccc(F)c1)c1ccc(CCO)s1. The van der Waals surface area contributed by atoms with Crippen molar-refractivity contribution < 1.29 is 17.9 Å². The number of nitrogens with one attached hydrogen (secondary N) is 1. The van der Waals surface area contributed by atoms with E-state index in [1.807, 2.05) is 0 Å². The number of hydrogen-bond acceptors (Lipinski definition) is 4. The number of rotatable bonds is 5. The summed E-state index contributed by atoms with van der Waals surface area (Å²) in [5.74, 6) is -0.507. The van der Waals surface area contributed by atoms with Crippen LogP contribution in [0.5, 0.6) is 0 Å². The Kier molecular flexibility index (Phi) is 4.18. The zero-order valence-electron chi connectivity index (χ0n) is 9.84. The number of aliphatic hydroxyl groups is 1. The third-order valence-electron chi connectivity index (χ3n) is 2.34. The maximum atomic E-state index is 13.0. The zero-order valence-corrected chi connectivity index (χ0v) is 11.5. The minimum Gasteiger partial charge on any atom is -0.396 e. The van der Waals surface area contributed by atoms with E-state index in [4.69, 9.17) is 5.11 Å². The molecule has 0 spiro atoms. The van der Waals surface area contributed by atoms with Gasteiger partial charge in [-0.2, -0.15) is 0 Å². The van der Waals surface area contributed by atoms with Crippen LogP contribution in [0.4, 0.5) is 10.1 Å². The lowest BCUT2D eigenvalue weighted by atomic mass is 10.3. The van der Waals surface area contributed by atoms with Gasteiger partial charge in [0.05, 0.1) is 5.69 Å². The molecule has 0 saturated heterocycles. The van der Waals surface area contributed by atoms with Crippen molar-refractivity contribution in [2.75, 3.05) is 11.3 Å². The quantitative estimate of drug-likeness (QED) is 0.890. The maximum Gasteiger partial charge on any atom is 0.271 e. The molecule has 0 fully saturated rings. The highest BCUT2D eigenvalue weighted by Crippen LogP contribution is 2.24. The van der Waals surface area contributed by atoms with Gasteiger partial charge in [-0.25, -0.2) is 12.8 Å². The highest BCUT2D eigenvalue weighted by Gasteiger charge is 2.17. The van der Waals surface area contributed by atoms with E-state index in [1.54, 1.807) is 6.07 Å². The largest absolute Gasteiger partial charge is 0.396 e. The number of benzene rings is 1. The normalized spacial score (nSPS) is 11.5. The minimum atomic E-state index is -3.71. The third kappa shape index (κ3) is 3.52. The molecule has 0 aliphatic carbocycles. The molecule has 0 aliphatic heterocycles. The number of thiophene rings is 1. The van der Waals surface area contributed by atoms with Gasteiger partial charge in [0.1, 0.15) is 10.0 Å². The van der Waals surface area contributed by atoms with Crippen LogP contribution in [-0.2, 0) is 16.4 Å². The Hall–Kier alpha value is -1.44. The van der Waals surface area contributed by atoms with Crippen molar-refractivity contribution in [3.8, 4) is 0 Å². The average Bonchev–Trinajstić information content (AvgIpc) is 2.78. The lowest BCUT2D eigenvalue weighted by molar-refractivity contribution is 0.300. The van der Waals surface area contributed by atoms with Crippen LogP contribution in [0.15, 0.2) is 40.6 Å². The van der Waals surface area contributed by atoms with Gasteiger partial charge in [-0.15, -0.1) is 11.3 Å². The monoisotopic (exact) mass is 301 g/mol. The molecule has 102 valence electrons. The first-order valence-corrected chi connectivity index (χ1v) is 7.79. The van der Waals surface area contributed by atoms with Crippen LogP contribution in [-0.4, -0.2) is 20.1 Å². The summed E-state index contributed by atoms with van der Waals surface area (Å²) < 4.78 is 39.5. The summed E-state index contributed by atoms with van der Waals surface area (Å²) >= 11 is 1.08. The van der Waals surface area contributed by atoms with Crippen LogP contribution >= 0.6 is 11.3 Å². The fourth-order valence-corrected chi connectivity index (χ4v) is 3.90. The second kappa shape index (κ2) is 5.68. The molecule has 0 aliphatic rings. The van der Waals surface area contributed by atoms with E-state index in [0.717, 1.165) is 22.3 Å². The van der Waals surface area contributed by atoms with Crippen molar-refractivity contribution in [2.24, 2.45) is 0 Å². The Balaban J connectivity index is 2.22. The maximum absolute atomic E-state index is 13.0. The smallest absolute Gasteiger partial charge is 0.271 e. The van der Waals surface area contributed by atoms with Crippen molar-refractivity contribution in [2.45, 2.75) is 10.6 Å². The summed E-state index contributed by atoms with van der Waals surface area (Å²) in [6.07, 6.45) is 0.417. The molecular formula is C12H12FNO3S2. The number of halogens is 1. The fraction of sp³-hybridized carbons (Fsp3) is 0.167. The van der Waals surface area contributed by atoms with Gasteiger partial charge in [-0.1, -0.05) is 6.07 Å². The highest BCUT2D eigenvalue weighted by atomic mass is 32.2. The molecular weight excluding hydrogens is 289 g/mol. The topological polar surface area (TPSA) is 66.4 Å². The van der Waals surface area contributed by atoms with Crippen LogP contribution in [0.1, 0.15) is 4.88 Å². The van der Waals surface area contributed by atoms with Crippen molar-refractivity contribution >= 4 is 27.0 Å². The van der Waals surface area contributed by atoms with Crippen LogP contribution < -0.4 is 4.72 Å². The zero-order chi connectivity index (χ0) is 13.9. The summed E-state index contributed by atoms with van der Waals surface area (Å²) in [6.45, 7) is -0.0304. The van der Waals surface area contributed by atoms with E-state index in [0.29, 0.717) is 6.42 Å². The summed E-state index contributed by atoms with van der Waals surface area (Å²) in [6, 6.07) is 8.38. The molecule has 2 N–H and O–H groups in total. The Morgan fingerprint density at radius 3 is 2.74 bits per heavy atom. The van der Waals surface area contributed by atoms with Crippen molar-refractivity contribution in [1.82, 2.24) is 0 Å². The molecule has 0 bridgehead atoms. The summed E-state index contributed by atoms with van der Waals surface area (Å²) in [4.78, 5) is 0.780. The van der Waals surface area contributed by atoms with E-state index < -0.39 is 15.8 Å². The molecule has 7 heteroatoms. The molecule has 2 rings (SSSR count). The van der Waals surface area contributed by atoms with Crippen molar-refractivity contribution in [3.05, 3.63) is 47.1 Å². The van der Waals surface area contributed by atoms with Gasteiger partial charge in [0.2, 0.25) is 0 Å². The predicted molar refractivity (Wildman–Crippen MR) is 72.3 cm³/mol. The summed E-state index contributed by atoms with van der Waals surface area (Å²) in [5.41, 5.74) is 0.178. The molecule has 0 saturated carbocycles. The second-order valence-corrected chi connectivity index (χ2v) is 6.89. The van der Waals surface area contributed by atoms with Gasteiger partial charge in [-0.3, -0.25) is 4.72 Å². The van der Waals surface area contributed by atoms with E-state index in [9.17, 15) is 12.8 Å². The predicted octanol–water partition coefficient (Wildman–Crippen LogP) is 2.22. The van der Waals surface area contributed by atoms with E-state index in [-0.39, 0.29) is 16.5 Å². The average molecular weight is 301 g/mol. The molecule has 0 unspecified atom stereocenters. The van der Waals surface area contributed by atoms with Gasteiger partial charge in [-0.05, 0) is 30.3 Å². The molecule has 4 nitrogen and oxygen atoms in total. The van der Waals surface area contributed by atoms with Crippen LogP contribution in [0.3, 0.4) is 0 Å². The van der Waals surface area contributed by atoms with Crippen LogP contribution in [0.25, 0.3) is 0 Å². The Labute approximate surface area is 114 Å². The summed E-state index contributed by atoms with van der Waals surface area (Å²) in [7, 11) is -3.71. The standard InChI is InChI=1S/C12H12FNO3S2/c13-9-2-1-3-10(8-9)14-19(16,17)12-5-4-11(18-12)6-7-15/h1-5,8,14-15H,6-7H2. The Morgan fingerprint density at radius 2 is 2.05 bits per heavy atom.